The van der Waals surface area contributed by atoms with Crippen molar-refractivity contribution in [2.24, 2.45) is 17.6 Å². The molecule has 0 spiro atoms. The van der Waals surface area contributed by atoms with Crippen molar-refractivity contribution in [3.05, 3.63) is 28.8 Å². The standard InChI is InChI=1S/C22H30N2O3.ClH/c23-21(27)16-6-4-14-10-18-17-7-5-15(25)11-22(17,19(14)20(16)26)8-9-24(18)12-13-2-1-3-13;/h4,6,13,15,17-18,25-26H,1-3,5,7-12H2,(H2,23,27);1H/t15-,17-,18+,22-;/m0./s1. The lowest BCUT2D eigenvalue weighted by Gasteiger charge is -2.60. The van der Waals surface area contributed by atoms with Crippen molar-refractivity contribution < 1.29 is 15.0 Å². The van der Waals surface area contributed by atoms with Gasteiger partial charge in [-0.2, -0.15) is 0 Å². The number of piperidine rings is 1. The third kappa shape index (κ3) is 2.86. The summed E-state index contributed by atoms with van der Waals surface area (Å²) in [6, 6.07) is 4.16. The van der Waals surface area contributed by atoms with Gasteiger partial charge in [0, 0.05) is 23.6 Å². The molecule has 0 aromatic heterocycles. The number of likely N-dealkylation sites (tertiary alicyclic amines) is 1. The van der Waals surface area contributed by atoms with Gasteiger partial charge < -0.3 is 15.9 Å². The molecule has 4 atom stereocenters. The van der Waals surface area contributed by atoms with Gasteiger partial charge in [-0.25, -0.2) is 0 Å². The Bertz CT molecular complexity index is 781. The van der Waals surface area contributed by atoms with Crippen LogP contribution in [0.2, 0.25) is 0 Å². The second-order valence-corrected chi connectivity index (χ2v) is 9.37. The molecule has 0 radical (unpaired) electrons. The molecular formula is C22H31ClN2O3. The first kappa shape index (κ1) is 20.0. The van der Waals surface area contributed by atoms with E-state index in [1.165, 1.54) is 25.8 Å². The monoisotopic (exact) mass is 406 g/mol. The molecule has 1 aliphatic heterocycles. The van der Waals surface area contributed by atoms with Gasteiger partial charge in [-0.1, -0.05) is 12.5 Å². The minimum absolute atomic E-state index is 0. The molecule has 2 saturated carbocycles. The molecule has 1 saturated heterocycles. The third-order valence-electron chi connectivity index (χ3n) is 8.07. The fourth-order valence-electron chi connectivity index (χ4n) is 6.63. The van der Waals surface area contributed by atoms with Crippen LogP contribution in [0, 0.1) is 11.8 Å². The van der Waals surface area contributed by atoms with Crippen LogP contribution in [0.3, 0.4) is 0 Å². The van der Waals surface area contributed by atoms with Gasteiger partial charge in [0.2, 0.25) is 0 Å². The van der Waals surface area contributed by atoms with Gasteiger partial charge in [-0.3, -0.25) is 9.69 Å². The van der Waals surface area contributed by atoms with E-state index in [-0.39, 0.29) is 35.2 Å². The van der Waals surface area contributed by atoms with E-state index < -0.39 is 5.91 Å². The largest absolute Gasteiger partial charge is 0.507 e. The molecule has 1 aromatic carbocycles. The number of phenols is 1. The number of carbonyl (C=O) groups is 1. The number of aromatic hydroxyl groups is 1. The van der Waals surface area contributed by atoms with Crippen molar-refractivity contribution >= 4 is 18.3 Å². The number of aliphatic hydroxyl groups excluding tert-OH is 1. The molecule has 0 unspecified atom stereocenters. The highest BCUT2D eigenvalue weighted by Gasteiger charge is 2.56. The van der Waals surface area contributed by atoms with Crippen molar-refractivity contribution in [3.63, 3.8) is 0 Å². The molecule has 28 heavy (non-hydrogen) atoms. The molecule has 2 bridgehead atoms. The highest BCUT2D eigenvalue weighted by atomic mass is 35.5. The number of hydrogen-bond donors (Lipinski definition) is 3. The lowest BCUT2D eigenvalue weighted by Crippen LogP contribution is -2.63. The Morgan fingerprint density at radius 2 is 2.04 bits per heavy atom. The highest BCUT2D eigenvalue weighted by Crippen LogP contribution is 2.58. The van der Waals surface area contributed by atoms with Gasteiger partial charge in [0.1, 0.15) is 5.75 Å². The van der Waals surface area contributed by atoms with Crippen molar-refractivity contribution in [2.75, 3.05) is 13.1 Å². The molecule has 4 aliphatic rings. The summed E-state index contributed by atoms with van der Waals surface area (Å²) in [5, 5.41) is 21.5. The summed E-state index contributed by atoms with van der Waals surface area (Å²) in [6.07, 6.45) is 8.15. The molecule has 5 rings (SSSR count). The average molecular weight is 407 g/mol. The maximum atomic E-state index is 11.8. The summed E-state index contributed by atoms with van der Waals surface area (Å²) in [7, 11) is 0. The zero-order chi connectivity index (χ0) is 18.8. The zero-order valence-electron chi connectivity index (χ0n) is 16.3. The van der Waals surface area contributed by atoms with Crippen LogP contribution in [0.4, 0.5) is 0 Å². The lowest BCUT2D eigenvalue weighted by molar-refractivity contribution is -0.0565. The SMILES string of the molecule is Cl.NC(=O)c1ccc2c(c1O)[C@]13CCN(CC4CCC4)[C@H](C2)[C@@H]1CC[C@H](O)C3. The van der Waals surface area contributed by atoms with Gasteiger partial charge in [-0.05, 0) is 75.0 Å². The first-order chi connectivity index (χ1) is 13.0. The maximum absolute atomic E-state index is 11.8. The van der Waals surface area contributed by atoms with Gasteiger partial charge in [0.15, 0.2) is 0 Å². The number of aliphatic hydroxyl groups is 1. The van der Waals surface area contributed by atoms with Crippen LogP contribution in [0.15, 0.2) is 12.1 Å². The molecule has 1 aromatic rings. The van der Waals surface area contributed by atoms with E-state index in [4.69, 9.17) is 5.73 Å². The van der Waals surface area contributed by atoms with Crippen LogP contribution in [0.25, 0.3) is 0 Å². The van der Waals surface area contributed by atoms with Crippen LogP contribution in [-0.2, 0) is 11.8 Å². The molecule has 1 heterocycles. The molecule has 3 aliphatic carbocycles. The number of primary amides is 1. The van der Waals surface area contributed by atoms with E-state index in [2.05, 4.69) is 4.90 Å². The van der Waals surface area contributed by atoms with Crippen molar-refractivity contribution in [1.82, 2.24) is 4.90 Å². The predicted octanol–water partition coefficient (Wildman–Crippen LogP) is 2.74. The van der Waals surface area contributed by atoms with Crippen LogP contribution in [-0.4, -0.2) is 46.3 Å². The van der Waals surface area contributed by atoms with Crippen molar-refractivity contribution in [1.29, 1.82) is 0 Å². The van der Waals surface area contributed by atoms with Crippen LogP contribution < -0.4 is 5.73 Å². The fourth-order valence-corrected chi connectivity index (χ4v) is 6.63. The van der Waals surface area contributed by atoms with E-state index in [0.29, 0.717) is 18.4 Å². The minimum Gasteiger partial charge on any atom is -0.507 e. The van der Waals surface area contributed by atoms with E-state index in [9.17, 15) is 15.0 Å². The summed E-state index contributed by atoms with van der Waals surface area (Å²) in [4.78, 5) is 14.5. The number of fused-ring (bicyclic) bond motifs is 1. The van der Waals surface area contributed by atoms with E-state index in [1.807, 2.05) is 6.07 Å². The number of halogens is 1. The van der Waals surface area contributed by atoms with Gasteiger partial charge in [0.05, 0.1) is 11.7 Å². The van der Waals surface area contributed by atoms with Gasteiger partial charge in [0.25, 0.3) is 5.91 Å². The molecule has 3 fully saturated rings. The summed E-state index contributed by atoms with van der Waals surface area (Å²) >= 11 is 0. The summed E-state index contributed by atoms with van der Waals surface area (Å²) in [5.41, 5.74) is 7.57. The number of benzene rings is 1. The van der Waals surface area contributed by atoms with Crippen LogP contribution in [0.5, 0.6) is 5.75 Å². The smallest absolute Gasteiger partial charge is 0.252 e. The van der Waals surface area contributed by atoms with Crippen LogP contribution in [0.1, 0.15) is 66.4 Å². The average Bonchev–Trinajstić information content (AvgIpc) is 2.58. The second-order valence-electron chi connectivity index (χ2n) is 9.37. The Labute approximate surface area is 172 Å². The molecule has 5 nitrogen and oxygen atoms in total. The van der Waals surface area contributed by atoms with Crippen molar-refractivity contribution in [3.8, 4) is 5.75 Å². The number of rotatable bonds is 3. The summed E-state index contributed by atoms with van der Waals surface area (Å²) < 4.78 is 0. The number of nitrogens with zero attached hydrogens (tertiary/aromatic N) is 1. The lowest BCUT2D eigenvalue weighted by atomic mass is 9.51. The topological polar surface area (TPSA) is 86.8 Å². The predicted molar refractivity (Wildman–Crippen MR) is 110 cm³/mol. The number of hydrogen-bond acceptors (Lipinski definition) is 4. The number of carbonyl (C=O) groups excluding carboxylic acids is 1. The molecule has 4 N–H and O–H groups in total. The fraction of sp³-hybridized carbons (Fsp3) is 0.682. The Kier molecular flexibility index (Phi) is 5.13. The molecular weight excluding hydrogens is 376 g/mol. The summed E-state index contributed by atoms with van der Waals surface area (Å²) in [6.45, 7) is 2.21. The zero-order valence-corrected chi connectivity index (χ0v) is 17.1. The van der Waals surface area contributed by atoms with Gasteiger partial charge in [-0.15, -0.1) is 12.4 Å². The minimum atomic E-state index is -0.579. The Morgan fingerprint density at radius 1 is 1.25 bits per heavy atom. The Hall–Kier alpha value is -1.30. The normalized spacial score (nSPS) is 34.5. The number of nitrogens with two attached hydrogens (primary N) is 1. The van der Waals surface area contributed by atoms with Crippen LogP contribution >= 0.6 is 12.4 Å². The Balaban J connectivity index is 0.00000192. The van der Waals surface area contributed by atoms with Gasteiger partial charge >= 0.3 is 0 Å². The van der Waals surface area contributed by atoms with E-state index in [1.54, 1.807) is 6.07 Å². The molecule has 6 heteroatoms. The summed E-state index contributed by atoms with van der Waals surface area (Å²) in [5.74, 6) is 0.782. The second kappa shape index (κ2) is 7.19. The quantitative estimate of drug-likeness (QED) is 0.720. The van der Waals surface area contributed by atoms with E-state index >= 15 is 0 Å². The molecule has 1 amide bonds. The highest BCUT2D eigenvalue weighted by molar-refractivity contribution is 5.96. The Morgan fingerprint density at radius 3 is 2.71 bits per heavy atom. The first-order valence-electron chi connectivity index (χ1n) is 10.6. The molecule has 154 valence electrons. The maximum Gasteiger partial charge on any atom is 0.252 e. The van der Waals surface area contributed by atoms with E-state index in [0.717, 1.165) is 49.3 Å². The number of amides is 1. The first-order valence-corrected chi connectivity index (χ1v) is 10.6. The third-order valence-corrected chi connectivity index (χ3v) is 8.07. The van der Waals surface area contributed by atoms with Crippen molar-refractivity contribution in [2.45, 2.75) is 68.9 Å².